The molecule has 1 aromatic rings. The number of benzene rings is 1. The van der Waals surface area contributed by atoms with Gasteiger partial charge in [0.05, 0.1) is 17.7 Å². The van der Waals surface area contributed by atoms with E-state index in [4.69, 9.17) is 16.3 Å². The van der Waals surface area contributed by atoms with Crippen LogP contribution in [0.5, 0.6) is 5.75 Å². The summed E-state index contributed by atoms with van der Waals surface area (Å²) < 4.78 is 5.31. The maximum Gasteiger partial charge on any atom is 0.137 e. The zero-order chi connectivity index (χ0) is 11.4. The van der Waals surface area contributed by atoms with E-state index in [1.807, 2.05) is 19.9 Å². The van der Waals surface area contributed by atoms with Gasteiger partial charge in [-0.3, -0.25) is 0 Å². The van der Waals surface area contributed by atoms with Crippen LogP contribution in [0.4, 0.5) is 0 Å². The molecule has 1 aromatic carbocycles. The van der Waals surface area contributed by atoms with E-state index in [1.165, 1.54) is 0 Å². The lowest BCUT2D eigenvalue weighted by molar-refractivity contribution is 0.181. The van der Waals surface area contributed by atoms with Gasteiger partial charge in [0.25, 0.3) is 0 Å². The van der Waals surface area contributed by atoms with Crippen LogP contribution in [0.2, 0.25) is 5.02 Å². The number of aliphatic hydroxyl groups is 1. The lowest BCUT2D eigenvalue weighted by atomic mass is 10.1. The molecule has 0 spiro atoms. The van der Waals surface area contributed by atoms with Gasteiger partial charge >= 0.3 is 0 Å². The molecule has 1 rings (SSSR count). The van der Waals surface area contributed by atoms with Crippen LogP contribution in [-0.4, -0.2) is 16.5 Å². The predicted octanol–water partition coefficient (Wildman–Crippen LogP) is 3.56. The summed E-state index contributed by atoms with van der Waals surface area (Å²) in [7, 11) is 0. The van der Waals surface area contributed by atoms with Crippen molar-refractivity contribution >= 4 is 27.5 Å². The second-order valence-electron chi connectivity index (χ2n) is 3.25. The van der Waals surface area contributed by atoms with Crippen molar-refractivity contribution in [3.8, 4) is 5.75 Å². The first-order chi connectivity index (χ1) is 7.06. The number of alkyl halides is 1. The highest BCUT2D eigenvalue weighted by Crippen LogP contribution is 2.30. The second-order valence-corrected chi connectivity index (χ2v) is 5.10. The molecule has 0 amide bonds. The second kappa shape index (κ2) is 5.73. The Balaban J connectivity index is 2.90. The normalized spacial score (nSPS) is 14.7. The van der Waals surface area contributed by atoms with Crippen molar-refractivity contribution in [3.63, 3.8) is 0 Å². The molecule has 0 aliphatic carbocycles. The van der Waals surface area contributed by atoms with Gasteiger partial charge in [0, 0.05) is 4.83 Å². The van der Waals surface area contributed by atoms with E-state index < -0.39 is 6.10 Å². The Bertz CT molecular complexity index is 328. The van der Waals surface area contributed by atoms with Gasteiger partial charge in [0.1, 0.15) is 5.75 Å². The molecule has 4 heteroatoms. The molecule has 15 heavy (non-hydrogen) atoms. The van der Waals surface area contributed by atoms with E-state index in [1.54, 1.807) is 12.1 Å². The Labute approximate surface area is 103 Å². The first-order valence-electron chi connectivity index (χ1n) is 4.80. The summed E-state index contributed by atoms with van der Waals surface area (Å²) in [5, 5.41) is 10.3. The molecule has 2 nitrogen and oxygen atoms in total. The highest BCUT2D eigenvalue weighted by atomic mass is 79.9. The third-order valence-electron chi connectivity index (χ3n) is 2.03. The number of ether oxygens (including phenoxy) is 1. The molecule has 0 heterocycles. The van der Waals surface area contributed by atoms with Crippen LogP contribution in [0, 0.1) is 0 Å². The van der Waals surface area contributed by atoms with Gasteiger partial charge in [-0.05, 0) is 31.5 Å². The highest BCUT2D eigenvalue weighted by molar-refractivity contribution is 9.09. The van der Waals surface area contributed by atoms with Crippen molar-refractivity contribution in [2.24, 2.45) is 0 Å². The van der Waals surface area contributed by atoms with Crippen molar-refractivity contribution in [1.29, 1.82) is 0 Å². The van der Waals surface area contributed by atoms with Crippen molar-refractivity contribution in [2.75, 3.05) is 6.61 Å². The summed E-state index contributed by atoms with van der Waals surface area (Å²) in [5.41, 5.74) is 0.785. The van der Waals surface area contributed by atoms with Crippen LogP contribution < -0.4 is 4.74 Å². The maximum absolute atomic E-state index is 9.80. The van der Waals surface area contributed by atoms with E-state index >= 15 is 0 Å². The molecule has 0 aromatic heterocycles. The van der Waals surface area contributed by atoms with Crippen LogP contribution in [-0.2, 0) is 0 Å². The monoisotopic (exact) mass is 292 g/mol. The average Bonchev–Trinajstić information content (AvgIpc) is 2.20. The summed E-state index contributed by atoms with van der Waals surface area (Å²) in [6.07, 6.45) is -0.557. The third-order valence-corrected chi connectivity index (χ3v) is 2.83. The number of hydrogen-bond donors (Lipinski definition) is 1. The number of hydrogen-bond acceptors (Lipinski definition) is 2. The number of halogens is 2. The van der Waals surface area contributed by atoms with E-state index in [9.17, 15) is 5.11 Å². The molecule has 0 saturated heterocycles. The number of rotatable bonds is 4. The smallest absolute Gasteiger partial charge is 0.137 e. The molecule has 2 unspecified atom stereocenters. The molecule has 0 bridgehead atoms. The van der Waals surface area contributed by atoms with Gasteiger partial charge in [-0.15, -0.1) is 0 Å². The van der Waals surface area contributed by atoms with Gasteiger partial charge < -0.3 is 9.84 Å². The van der Waals surface area contributed by atoms with Gasteiger partial charge in [-0.1, -0.05) is 33.6 Å². The fourth-order valence-corrected chi connectivity index (χ4v) is 1.79. The molecular formula is C11H14BrClO2. The minimum absolute atomic E-state index is 0.00786. The topological polar surface area (TPSA) is 29.5 Å². The summed E-state index contributed by atoms with van der Waals surface area (Å²) in [6.45, 7) is 4.37. The fourth-order valence-electron chi connectivity index (χ4n) is 1.24. The Morgan fingerprint density at radius 2 is 2.20 bits per heavy atom. The Kier molecular flexibility index (Phi) is 4.90. The standard InChI is InChI=1S/C11H14BrClO2/c1-3-15-10-5-4-8(6-9(10)13)11(14)7(2)12/h4-7,11,14H,3H2,1-2H3. The van der Waals surface area contributed by atoms with Crippen LogP contribution in [0.3, 0.4) is 0 Å². The molecule has 84 valence electrons. The van der Waals surface area contributed by atoms with Crippen molar-refractivity contribution in [1.82, 2.24) is 0 Å². The molecule has 0 aliphatic heterocycles. The molecule has 1 N–H and O–H groups in total. The van der Waals surface area contributed by atoms with Gasteiger partial charge in [0.2, 0.25) is 0 Å². The minimum Gasteiger partial charge on any atom is -0.492 e. The molecule has 2 atom stereocenters. The summed E-state index contributed by atoms with van der Waals surface area (Å²) in [6, 6.07) is 5.33. The summed E-state index contributed by atoms with van der Waals surface area (Å²) >= 11 is 9.33. The van der Waals surface area contributed by atoms with Gasteiger partial charge in [-0.25, -0.2) is 0 Å². The van der Waals surface area contributed by atoms with E-state index in [2.05, 4.69) is 15.9 Å². The first kappa shape index (κ1) is 12.8. The van der Waals surface area contributed by atoms with Crippen LogP contribution in [0.15, 0.2) is 18.2 Å². The summed E-state index contributed by atoms with van der Waals surface area (Å²) in [4.78, 5) is -0.00786. The lowest BCUT2D eigenvalue weighted by Gasteiger charge is -2.15. The zero-order valence-electron chi connectivity index (χ0n) is 8.71. The fraction of sp³-hybridized carbons (Fsp3) is 0.455. The van der Waals surface area contributed by atoms with Crippen LogP contribution in [0.1, 0.15) is 25.5 Å². The molecule has 0 aliphatic rings. The quantitative estimate of drug-likeness (QED) is 0.860. The van der Waals surface area contributed by atoms with Gasteiger partial charge in [-0.2, -0.15) is 0 Å². The van der Waals surface area contributed by atoms with Crippen LogP contribution in [0.25, 0.3) is 0 Å². The van der Waals surface area contributed by atoms with Gasteiger partial charge in [0.15, 0.2) is 0 Å². The van der Waals surface area contributed by atoms with E-state index in [0.29, 0.717) is 17.4 Å². The molecule has 0 fully saturated rings. The largest absolute Gasteiger partial charge is 0.492 e. The Morgan fingerprint density at radius 1 is 1.53 bits per heavy atom. The Hall–Kier alpha value is -0.250. The van der Waals surface area contributed by atoms with Crippen molar-refractivity contribution in [2.45, 2.75) is 24.8 Å². The SMILES string of the molecule is CCOc1ccc(C(O)C(C)Br)cc1Cl. The predicted molar refractivity (Wildman–Crippen MR) is 66.0 cm³/mol. The number of aliphatic hydroxyl groups excluding tert-OH is 1. The maximum atomic E-state index is 9.80. The Morgan fingerprint density at radius 3 is 2.67 bits per heavy atom. The highest BCUT2D eigenvalue weighted by Gasteiger charge is 2.14. The lowest BCUT2D eigenvalue weighted by Crippen LogP contribution is -2.07. The van der Waals surface area contributed by atoms with E-state index in [-0.39, 0.29) is 4.83 Å². The molecular weight excluding hydrogens is 279 g/mol. The first-order valence-corrected chi connectivity index (χ1v) is 6.10. The van der Waals surface area contributed by atoms with E-state index in [0.717, 1.165) is 5.56 Å². The summed E-state index contributed by atoms with van der Waals surface area (Å²) in [5.74, 6) is 0.650. The van der Waals surface area contributed by atoms with Crippen molar-refractivity contribution in [3.05, 3.63) is 28.8 Å². The molecule has 0 radical (unpaired) electrons. The van der Waals surface area contributed by atoms with Crippen LogP contribution >= 0.6 is 27.5 Å². The zero-order valence-corrected chi connectivity index (χ0v) is 11.0. The minimum atomic E-state index is -0.557. The van der Waals surface area contributed by atoms with Crippen molar-refractivity contribution < 1.29 is 9.84 Å². The average molecular weight is 294 g/mol. The molecule has 0 saturated carbocycles. The third kappa shape index (κ3) is 3.37.